The molecule has 3 aromatic heterocycles. The van der Waals surface area contributed by atoms with Gasteiger partial charge >= 0.3 is 0 Å². The molecule has 0 aliphatic rings. The molecule has 25 heavy (non-hydrogen) atoms. The summed E-state index contributed by atoms with van der Waals surface area (Å²) in [5.41, 5.74) is 6.55. The molecule has 1 aromatic carbocycles. The van der Waals surface area contributed by atoms with E-state index in [4.69, 9.17) is 0 Å². The van der Waals surface area contributed by atoms with E-state index < -0.39 is 0 Å². The maximum absolute atomic E-state index is 4.56. The van der Waals surface area contributed by atoms with E-state index in [0.29, 0.717) is 0 Å². The fourth-order valence-corrected chi connectivity index (χ4v) is 2.94. The van der Waals surface area contributed by atoms with Crippen molar-refractivity contribution in [2.45, 2.75) is 6.42 Å². The van der Waals surface area contributed by atoms with Gasteiger partial charge in [-0.3, -0.25) is 4.98 Å². The quantitative estimate of drug-likeness (QED) is 0.575. The van der Waals surface area contributed by atoms with Gasteiger partial charge in [-0.05, 0) is 35.9 Å². The summed E-state index contributed by atoms with van der Waals surface area (Å²) in [6.45, 7) is 0. The summed E-state index contributed by atoms with van der Waals surface area (Å²) < 4.78 is 1.90. The van der Waals surface area contributed by atoms with Crippen LogP contribution in [0.2, 0.25) is 0 Å². The van der Waals surface area contributed by atoms with Crippen LogP contribution in [0.3, 0.4) is 0 Å². The van der Waals surface area contributed by atoms with Crippen molar-refractivity contribution >= 4 is 11.3 Å². The Morgan fingerprint density at radius 3 is 2.40 bits per heavy atom. The largest absolute Gasteiger partial charge is 0.378 e. The lowest BCUT2D eigenvalue weighted by atomic mass is 10.1. The van der Waals surface area contributed by atoms with E-state index in [1.54, 1.807) is 12.4 Å². The minimum Gasteiger partial charge on any atom is -0.378 e. The van der Waals surface area contributed by atoms with E-state index in [2.05, 4.69) is 44.2 Å². The van der Waals surface area contributed by atoms with Gasteiger partial charge in [0.25, 0.3) is 0 Å². The highest BCUT2D eigenvalue weighted by molar-refractivity contribution is 5.63. The number of hydrogen-bond acceptors (Lipinski definition) is 4. The van der Waals surface area contributed by atoms with Crippen LogP contribution in [0.5, 0.6) is 0 Å². The van der Waals surface area contributed by atoms with Crippen molar-refractivity contribution in [3.05, 3.63) is 78.4 Å². The first kappa shape index (κ1) is 15.3. The third kappa shape index (κ3) is 2.96. The first-order chi connectivity index (χ1) is 12.2. The molecule has 0 aliphatic carbocycles. The van der Waals surface area contributed by atoms with Crippen molar-refractivity contribution < 1.29 is 0 Å². The zero-order chi connectivity index (χ0) is 17.2. The van der Waals surface area contributed by atoms with Gasteiger partial charge in [-0.2, -0.15) is 5.10 Å². The van der Waals surface area contributed by atoms with Gasteiger partial charge in [0, 0.05) is 55.9 Å². The average Bonchev–Trinajstić information content (AvgIpc) is 3.06. The molecule has 0 bridgehead atoms. The minimum atomic E-state index is 0.810. The Bertz CT molecular complexity index is 988. The molecule has 0 radical (unpaired) electrons. The number of benzene rings is 1. The predicted molar refractivity (Wildman–Crippen MR) is 99.8 cm³/mol. The molecule has 0 aliphatic heterocycles. The third-order valence-electron chi connectivity index (χ3n) is 4.30. The Kier molecular flexibility index (Phi) is 3.90. The van der Waals surface area contributed by atoms with Crippen LogP contribution < -0.4 is 4.90 Å². The zero-order valence-corrected chi connectivity index (χ0v) is 14.3. The molecular weight excluding hydrogens is 310 g/mol. The smallest absolute Gasteiger partial charge is 0.159 e. The average molecular weight is 329 g/mol. The molecular formula is C20H19N5. The zero-order valence-electron chi connectivity index (χ0n) is 14.3. The van der Waals surface area contributed by atoms with Crippen LogP contribution in [0.25, 0.3) is 16.9 Å². The van der Waals surface area contributed by atoms with E-state index >= 15 is 0 Å². The Morgan fingerprint density at radius 2 is 1.68 bits per heavy atom. The van der Waals surface area contributed by atoms with Crippen LogP contribution in [-0.2, 0) is 6.42 Å². The second kappa shape index (κ2) is 6.36. The first-order valence-corrected chi connectivity index (χ1v) is 8.20. The molecule has 0 N–H and O–H groups in total. The van der Waals surface area contributed by atoms with Crippen LogP contribution >= 0.6 is 0 Å². The van der Waals surface area contributed by atoms with E-state index in [9.17, 15) is 0 Å². The van der Waals surface area contributed by atoms with E-state index in [0.717, 1.165) is 28.9 Å². The highest BCUT2D eigenvalue weighted by Gasteiger charge is 2.10. The molecule has 124 valence electrons. The number of nitrogens with zero attached hydrogens (tertiary/aromatic N) is 5. The van der Waals surface area contributed by atoms with Gasteiger partial charge in [0.15, 0.2) is 5.65 Å². The molecule has 0 fully saturated rings. The van der Waals surface area contributed by atoms with Crippen molar-refractivity contribution in [2.75, 3.05) is 19.0 Å². The van der Waals surface area contributed by atoms with Crippen LogP contribution in [0.4, 0.5) is 5.69 Å². The van der Waals surface area contributed by atoms with Crippen LogP contribution in [0.15, 0.2) is 67.3 Å². The predicted octanol–water partition coefficient (Wildman–Crippen LogP) is 3.45. The number of anilines is 1. The molecule has 4 aromatic rings. The fraction of sp³-hybridized carbons (Fsp3) is 0.150. The third-order valence-corrected chi connectivity index (χ3v) is 4.30. The summed E-state index contributed by atoms with van der Waals surface area (Å²) in [4.78, 5) is 10.7. The monoisotopic (exact) mass is 329 g/mol. The molecule has 5 nitrogen and oxygen atoms in total. The lowest BCUT2D eigenvalue weighted by Crippen LogP contribution is -2.08. The molecule has 0 spiro atoms. The second-order valence-electron chi connectivity index (χ2n) is 6.21. The molecule has 5 heteroatoms. The van der Waals surface area contributed by atoms with Crippen LogP contribution in [-0.4, -0.2) is 33.7 Å². The molecule has 0 amide bonds. The summed E-state index contributed by atoms with van der Waals surface area (Å²) in [6, 6.07) is 14.5. The molecule has 4 rings (SSSR count). The van der Waals surface area contributed by atoms with Gasteiger partial charge in [0.05, 0.1) is 11.9 Å². The Balaban J connectivity index is 1.70. The maximum atomic E-state index is 4.56. The lowest BCUT2D eigenvalue weighted by molar-refractivity contribution is 0.947. The summed E-state index contributed by atoms with van der Waals surface area (Å²) in [7, 11) is 4.09. The standard InChI is InChI=1S/C20H19N5/c1-24(2)18-5-3-15(4-6-18)13-17-14-23-25-19(9-12-22-20(17)25)16-7-10-21-11-8-16/h3-12,14H,13H2,1-2H3. The van der Waals surface area contributed by atoms with Gasteiger partial charge in [0.2, 0.25) is 0 Å². The van der Waals surface area contributed by atoms with Crippen LogP contribution in [0.1, 0.15) is 11.1 Å². The topological polar surface area (TPSA) is 46.3 Å². The molecule has 0 atom stereocenters. The Hall–Kier alpha value is -3.21. The molecule has 0 saturated heterocycles. The van der Waals surface area contributed by atoms with Gasteiger partial charge in [0.1, 0.15) is 0 Å². The van der Waals surface area contributed by atoms with Gasteiger partial charge in [-0.25, -0.2) is 9.50 Å². The fourth-order valence-electron chi connectivity index (χ4n) is 2.94. The number of hydrogen-bond donors (Lipinski definition) is 0. The van der Waals surface area contributed by atoms with Crippen molar-refractivity contribution in [3.63, 3.8) is 0 Å². The van der Waals surface area contributed by atoms with Gasteiger partial charge < -0.3 is 4.90 Å². The number of pyridine rings is 1. The SMILES string of the molecule is CN(C)c1ccc(Cc2cnn3c(-c4ccncc4)ccnc23)cc1. The van der Waals surface area contributed by atoms with Crippen molar-refractivity contribution in [1.82, 2.24) is 19.6 Å². The summed E-state index contributed by atoms with van der Waals surface area (Å²) in [6.07, 6.45) is 8.14. The van der Waals surface area contributed by atoms with Crippen LogP contribution in [0, 0.1) is 0 Å². The van der Waals surface area contributed by atoms with E-state index in [1.165, 1.54) is 11.3 Å². The first-order valence-electron chi connectivity index (χ1n) is 8.20. The summed E-state index contributed by atoms with van der Waals surface area (Å²) in [5.74, 6) is 0. The molecule has 0 unspecified atom stereocenters. The van der Waals surface area contributed by atoms with Crippen molar-refractivity contribution in [3.8, 4) is 11.3 Å². The lowest BCUT2D eigenvalue weighted by Gasteiger charge is -2.12. The van der Waals surface area contributed by atoms with E-state index in [1.807, 2.05) is 49.2 Å². The normalized spacial score (nSPS) is 11.0. The minimum absolute atomic E-state index is 0.810. The number of aromatic nitrogens is 4. The molecule has 0 saturated carbocycles. The number of fused-ring (bicyclic) bond motifs is 1. The second-order valence-corrected chi connectivity index (χ2v) is 6.21. The van der Waals surface area contributed by atoms with Crippen molar-refractivity contribution in [1.29, 1.82) is 0 Å². The highest BCUT2D eigenvalue weighted by atomic mass is 15.3. The Labute approximate surface area is 146 Å². The van der Waals surface area contributed by atoms with Gasteiger partial charge in [-0.1, -0.05) is 12.1 Å². The molecule has 3 heterocycles. The van der Waals surface area contributed by atoms with E-state index in [-0.39, 0.29) is 0 Å². The van der Waals surface area contributed by atoms with Gasteiger partial charge in [-0.15, -0.1) is 0 Å². The highest BCUT2D eigenvalue weighted by Crippen LogP contribution is 2.22. The number of rotatable bonds is 4. The summed E-state index contributed by atoms with van der Waals surface area (Å²) >= 11 is 0. The maximum Gasteiger partial charge on any atom is 0.159 e. The summed E-state index contributed by atoms with van der Waals surface area (Å²) in [5, 5.41) is 4.56. The van der Waals surface area contributed by atoms with Crippen molar-refractivity contribution in [2.24, 2.45) is 0 Å². The Morgan fingerprint density at radius 1 is 0.920 bits per heavy atom.